The van der Waals surface area contributed by atoms with Crippen LogP contribution in [0.1, 0.15) is 0 Å². The van der Waals surface area contributed by atoms with Gasteiger partial charge < -0.3 is 4.74 Å². The lowest BCUT2D eigenvalue weighted by Crippen LogP contribution is -2.20. The Hall–Kier alpha value is -2.04. The molecule has 1 aromatic heterocycles. The Balaban J connectivity index is 1.96. The van der Waals surface area contributed by atoms with Crippen LogP contribution in [-0.4, -0.2) is 19.8 Å². The van der Waals surface area contributed by atoms with E-state index in [2.05, 4.69) is 14.4 Å². The maximum atomic E-state index is 12.5. The fraction of sp³-hybridized carbons (Fsp3) is 0.0714. The molecule has 2 aromatic carbocycles. The van der Waals surface area contributed by atoms with Crippen molar-refractivity contribution < 1.29 is 26.3 Å². The van der Waals surface area contributed by atoms with Crippen molar-refractivity contribution in [1.82, 2.24) is 4.98 Å². The smallest absolute Gasteiger partial charge is 0.404 e. The minimum atomic E-state index is -5.02. The van der Waals surface area contributed by atoms with Crippen LogP contribution in [0.25, 0.3) is 10.2 Å². The van der Waals surface area contributed by atoms with Crippen LogP contribution >= 0.6 is 22.9 Å². The molecule has 1 N–H and O–H groups in total. The fourth-order valence-electron chi connectivity index (χ4n) is 1.99. The molecular formula is C14H8ClF3N2O3S2. The first kappa shape index (κ1) is 17.8. The van der Waals surface area contributed by atoms with Crippen molar-refractivity contribution in [3.63, 3.8) is 0 Å². The van der Waals surface area contributed by atoms with E-state index in [1.807, 2.05) is 0 Å². The lowest BCUT2D eigenvalue weighted by molar-refractivity contribution is -0.275. The van der Waals surface area contributed by atoms with Gasteiger partial charge in [-0.05, 0) is 30.3 Å². The van der Waals surface area contributed by atoms with Crippen LogP contribution in [0, 0.1) is 0 Å². The van der Waals surface area contributed by atoms with Gasteiger partial charge in [0, 0.05) is 5.02 Å². The van der Waals surface area contributed by atoms with Crippen molar-refractivity contribution in [1.29, 1.82) is 0 Å². The molecule has 0 bridgehead atoms. The predicted octanol–water partition coefficient (Wildman–Crippen LogP) is 4.65. The van der Waals surface area contributed by atoms with Gasteiger partial charge in [-0.2, -0.15) is 0 Å². The Morgan fingerprint density at radius 3 is 2.60 bits per heavy atom. The summed E-state index contributed by atoms with van der Waals surface area (Å²) in [6.07, 6.45) is -5.02. The summed E-state index contributed by atoms with van der Waals surface area (Å²) >= 11 is 6.86. The van der Waals surface area contributed by atoms with Crippen LogP contribution in [0.4, 0.5) is 18.3 Å². The Labute approximate surface area is 149 Å². The van der Waals surface area contributed by atoms with Crippen molar-refractivity contribution in [3.8, 4) is 5.75 Å². The molecule has 0 aliphatic rings. The molecule has 0 radical (unpaired) electrons. The summed E-state index contributed by atoms with van der Waals surface area (Å²) in [4.78, 5) is 3.43. The largest absolute Gasteiger partial charge is 0.573 e. The van der Waals surface area contributed by atoms with Gasteiger partial charge in [-0.3, -0.25) is 4.72 Å². The molecule has 3 rings (SSSR count). The average molecular weight is 409 g/mol. The van der Waals surface area contributed by atoms with Gasteiger partial charge in [-0.25, -0.2) is 13.4 Å². The van der Waals surface area contributed by atoms with Crippen molar-refractivity contribution in [2.24, 2.45) is 0 Å². The zero-order chi connectivity index (χ0) is 18.2. The number of halogens is 4. The van der Waals surface area contributed by atoms with E-state index in [0.29, 0.717) is 15.2 Å². The highest BCUT2D eigenvalue weighted by atomic mass is 35.5. The Morgan fingerprint density at radius 1 is 1.16 bits per heavy atom. The molecule has 3 aromatic rings. The number of benzene rings is 2. The number of para-hydroxylation sites is 1. The number of nitrogens with one attached hydrogen (secondary N) is 1. The first-order valence-corrected chi connectivity index (χ1v) is 9.25. The second-order valence-electron chi connectivity index (χ2n) is 4.73. The summed E-state index contributed by atoms with van der Waals surface area (Å²) in [6.45, 7) is 0. The first-order chi connectivity index (χ1) is 11.6. The van der Waals surface area contributed by atoms with Crippen LogP contribution in [0.15, 0.2) is 47.4 Å². The molecule has 25 heavy (non-hydrogen) atoms. The molecule has 11 heteroatoms. The molecular weight excluding hydrogens is 401 g/mol. The molecule has 0 spiro atoms. The number of alkyl halides is 3. The minimum absolute atomic E-state index is 0.000853. The van der Waals surface area contributed by atoms with E-state index in [1.165, 1.54) is 12.1 Å². The number of nitrogens with zero attached hydrogens (tertiary/aromatic N) is 1. The second kappa shape index (κ2) is 6.36. The first-order valence-electron chi connectivity index (χ1n) is 6.58. The predicted molar refractivity (Wildman–Crippen MR) is 88.6 cm³/mol. The maximum absolute atomic E-state index is 12.5. The summed E-state index contributed by atoms with van der Waals surface area (Å²) in [5.74, 6) is -0.827. The topological polar surface area (TPSA) is 68.3 Å². The van der Waals surface area contributed by atoms with Crippen LogP contribution in [-0.2, 0) is 10.0 Å². The zero-order valence-corrected chi connectivity index (χ0v) is 14.4. The average Bonchev–Trinajstić information content (AvgIpc) is 2.86. The molecule has 0 atom stereocenters. The summed E-state index contributed by atoms with van der Waals surface area (Å²) in [5.41, 5.74) is 0.506. The van der Waals surface area contributed by atoms with E-state index >= 15 is 0 Å². The second-order valence-corrected chi connectivity index (χ2v) is 7.85. The quantitative estimate of drug-likeness (QED) is 0.682. The number of aromatic nitrogens is 1. The fourth-order valence-corrected chi connectivity index (χ4v) is 4.50. The number of anilines is 1. The van der Waals surface area contributed by atoms with Gasteiger partial charge in [0.05, 0.1) is 10.2 Å². The van der Waals surface area contributed by atoms with Gasteiger partial charge in [0.25, 0.3) is 10.0 Å². The summed E-state index contributed by atoms with van der Waals surface area (Å²) in [7, 11) is -4.33. The normalized spacial score (nSPS) is 12.3. The zero-order valence-electron chi connectivity index (χ0n) is 12.0. The molecule has 0 unspecified atom stereocenters. The van der Waals surface area contributed by atoms with Gasteiger partial charge >= 0.3 is 6.36 Å². The monoisotopic (exact) mass is 408 g/mol. The van der Waals surface area contributed by atoms with E-state index in [-0.39, 0.29) is 5.13 Å². The van der Waals surface area contributed by atoms with Crippen LogP contribution in [0.2, 0.25) is 5.02 Å². The molecule has 0 aliphatic heterocycles. The van der Waals surface area contributed by atoms with E-state index in [4.69, 9.17) is 11.6 Å². The number of sulfonamides is 1. The van der Waals surface area contributed by atoms with E-state index in [9.17, 15) is 21.6 Å². The number of ether oxygens (including phenoxy) is 1. The van der Waals surface area contributed by atoms with Crippen LogP contribution in [0.5, 0.6) is 5.75 Å². The summed E-state index contributed by atoms with van der Waals surface area (Å²) in [5, 5.41) is 0.452. The number of rotatable bonds is 4. The van der Waals surface area contributed by atoms with Gasteiger partial charge in [-0.1, -0.05) is 35.1 Å². The van der Waals surface area contributed by atoms with E-state index in [0.717, 1.165) is 23.5 Å². The maximum Gasteiger partial charge on any atom is 0.573 e. The third-order valence-corrected chi connectivity index (χ3v) is 5.61. The van der Waals surface area contributed by atoms with Gasteiger partial charge in [0.15, 0.2) is 5.13 Å². The molecule has 0 amide bonds. The van der Waals surface area contributed by atoms with Crippen molar-refractivity contribution in [3.05, 3.63) is 47.5 Å². The van der Waals surface area contributed by atoms with Crippen molar-refractivity contribution in [2.75, 3.05) is 4.72 Å². The Bertz CT molecular complexity index is 1040. The molecule has 0 saturated heterocycles. The molecule has 0 fully saturated rings. The molecule has 0 aliphatic carbocycles. The minimum Gasteiger partial charge on any atom is -0.404 e. The lowest BCUT2D eigenvalue weighted by Gasteiger charge is -2.13. The van der Waals surface area contributed by atoms with Crippen molar-refractivity contribution in [2.45, 2.75) is 11.3 Å². The Kier molecular flexibility index (Phi) is 4.52. The lowest BCUT2D eigenvalue weighted by atomic mass is 10.3. The SMILES string of the molecule is O=S(=O)(Nc1nc2ccc(Cl)cc2s1)c1ccccc1OC(F)(F)F. The van der Waals surface area contributed by atoms with Crippen LogP contribution < -0.4 is 9.46 Å². The number of hydrogen-bond acceptors (Lipinski definition) is 5. The third-order valence-electron chi connectivity index (χ3n) is 2.94. The molecule has 132 valence electrons. The van der Waals surface area contributed by atoms with Gasteiger partial charge in [0.1, 0.15) is 10.6 Å². The van der Waals surface area contributed by atoms with E-state index < -0.39 is 27.0 Å². The number of hydrogen-bond donors (Lipinski definition) is 1. The standard InChI is InChI=1S/C14H8ClF3N2O3S2/c15-8-5-6-9-11(7-8)24-13(19-9)20-25(21,22)12-4-2-1-3-10(12)23-14(16,17)18/h1-7H,(H,19,20). The highest BCUT2D eigenvalue weighted by molar-refractivity contribution is 7.93. The summed E-state index contributed by atoms with van der Waals surface area (Å²) in [6, 6.07) is 9.25. The summed E-state index contributed by atoms with van der Waals surface area (Å²) < 4.78 is 68.8. The van der Waals surface area contributed by atoms with E-state index in [1.54, 1.807) is 18.2 Å². The van der Waals surface area contributed by atoms with Crippen molar-refractivity contribution >= 4 is 48.3 Å². The van der Waals surface area contributed by atoms with Crippen LogP contribution in [0.3, 0.4) is 0 Å². The van der Waals surface area contributed by atoms with Gasteiger partial charge in [-0.15, -0.1) is 13.2 Å². The highest BCUT2D eigenvalue weighted by Gasteiger charge is 2.34. The molecule has 0 saturated carbocycles. The third kappa shape index (κ3) is 4.14. The highest BCUT2D eigenvalue weighted by Crippen LogP contribution is 2.33. The Morgan fingerprint density at radius 2 is 1.88 bits per heavy atom. The number of thiazole rings is 1. The number of fused-ring (bicyclic) bond motifs is 1. The van der Waals surface area contributed by atoms with Gasteiger partial charge in [0.2, 0.25) is 0 Å². The molecule has 1 heterocycles. The molecule has 5 nitrogen and oxygen atoms in total.